The van der Waals surface area contributed by atoms with Crippen molar-refractivity contribution in [1.82, 2.24) is 14.6 Å². The Labute approximate surface area is 132 Å². The maximum atomic E-state index is 13.9. The normalized spacial score (nSPS) is 10.9. The molecule has 3 rings (SSSR count). The molecular weight excluding hydrogens is 355 g/mol. The smallest absolute Gasteiger partial charge is 0.409 e. The Morgan fingerprint density at radius 2 is 2.18 bits per heavy atom. The summed E-state index contributed by atoms with van der Waals surface area (Å²) in [4.78, 5) is 15.0. The van der Waals surface area contributed by atoms with E-state index in [0.717, 1.165) is 10.5 Å². The van der Waals surface area contributed by atoms with E-state index in [1.54, 1.807) is 17.6 Å². The molecule has 0 aliphatic carbocycles. The number of rotatable bonds is 2. The first-order chi connectivity index (χ1) is 10.5. The molecule has 1 amide bonds. The topological polar surface area (TPSA) is 79.5 Å². The molecule has 0 unspecified atom stereocenters. The van der Waals surface area contributed by atoms with Crippen molar-refractivity contribution in [2.24, 2.45) is 0 Å². The Balaban J connectivity index is 2.26. The van der Waals surface area contributed by atoms with Gasteiger partial charge in [0.1, 0.15) is 12.1 Å². The number of amides is 1. The lowest BCUT2D eigenvalue weighted by Crippen LogP contribution is -2.09. The van der Waals surface area contributed by atoms with Crippen molar-refractivity contribution in [3.8, 4) is 11.3 Å². The van der Waals surface area contributed by atoms with Crippen molar-refractivity contribution in [2.45, 2.75) is 6.92 Å². The van der Waals surface area contributed by atoms with E-state index in [9.17, 15) is 9.18 Å². The van der Waals surface area contributed by atoms with Crippen LogP contribution in [0.2, 0.25) is 0 Å². The van der Waals surface area contributed by atoms with Gasteiger partial charge in [-0.15, -0.1) is 0 Å². The van der Waals surface area contributed by atoms with Gasteiger partial charge in [-0.2, -0.15) is 5.10 Å². The maximum Gasteiger partial charge on any atom is 0.409 e. The number of hydrogen-bond donors (Lipinski definition) is 2. The van der Waals surface area contributed by atoms with Crippen LogP contribution in [0.1, 0.15) is 5.56 Å². The third-order valence-electron chi connectivity index (χ3n) is 3.24. The Bertz CT molecular complexity index is 894. The van der Waals surface area contributed by atoms with E-state index in [0.29, 0.717) is 22.3 Å². The van der Waals surface area contributed by atoms with Gasteiger partial charge in [0.2, 0.25) is 0 Å². The molecule has 6 nitrogen and oxygen atoms in total. The van der Waals surface area contributed by atoms with Crippen LogP contribution in [-0.4, -0.2) is 25.8 Å². The number of carboxylic acid groups (broad SMARTS) is 1. The highest BCUT2D eigenvalue weighted by molar-refractivity contribution is 9.10. The molecule has 0 bridgehead atoms. The highest BCUT2D eigenvalue weighted by Crippen LogP contribution is 2.32. The average molecular weight is 365 g/mol. The van der Waals surface area contributed by atoms with Gasteiger partial charge in [-0.3, -0.25) is 5.32 Å². The molecule has 3 aromatic rings. The van der Waals surface area contributed by atoms with Crippen molar-refractivity contribution in [2.75, 3.05) is 5.32 Å². The molecule has 2 heterocycles. The molecule has 0 saturated carbocycles. The zero-order valence-corrected chi connectivity index (χ0v) is 12.9. The number of benzene rings is 1. The second-order valence-electron chi connectivity index (χ2n) is 4.65. The third-order valence-corrected chi connectivity index (χ3v) is 3.68. The van der Waals surface area contributed by atoms with Gasteiger partial charge in [0, 0.05) is 16.2 Å². The van der Waals surface area contributed by atoms with E-state index in [4.69, 9.17) is 5.11 Å². The summed E-state index contributed by atoms with van der Waals surface area (Å²) in [5, 5.41) is 15.1. The third kappa shape index (κ3) is 2.52. The minimum atomic E-state index is -1.25. The van der Waals surface area contributed by atoms with Crippen LogP contribution in [0.25, 0.3) is 16.8 Å². The van der Waals surface area contributed by atoms with Crippen molar-refractivity contribution in [3.05, 3.63) is 46.6 Å². The Morgan fingerprint density at radius 1 is 1.41 bits per heavy atom. The van der Waals surface area contributed by atoms with Crippen LogP contribution >= 0.6 is 15.9 Å². The van der Waals surface area contributed by atoms with Gasteiger partial charge < -0.3 is 5.11 Å². The van der Waals surface area contributed by atoms with E-state index in [2.05, 4.69) is 31.3 Å². The molecule has 0 aliphatic rings. The highest BCUT2D eigenvalue weighted by Gasteiger charge is 2.15. The molecule has 22 heavy (non-hydrogen) atoms. The first-order valence-electron chi connectivity index (χ1n) is 6.25. The lowest BCUT2D eigenvalue weighted by molar-refractivity contribution is 0.209. The monoisotopic (exact) mass is 364 g/mol. The van der Waals surface area contributed by atoms with E-state index in [1.807, 2.05) is 6.07 Å². The summed E-state index contributed by atoms with van der Waals surface area (Å²) < 4.78 is 16.3. The summed E-state index contributed by atoms with van der Waals surface area (Å²) in [6.07, 6.45) is 1.87. The van der Waals surface area contributed by atoms with Crippen LogP contribution in [0, 0.1) is 12.7 Å². The number of anilines is 1. The largest absolute Gasteiger partial charge is 0.465 e. The maximum absolute atomic E-state index is 13.9. The summed E-state index contributed by atoms with van der Waals surface area (Å²) in [6.45, 7) is 1.70. The standard InChI is InChI=1S/C14H10BrFN4O2/c1-7-10(3-9(16)4-11(7)19-14(21)22)13-12-2-8(15)5-20(12)18-6-17-13/h2-6,19H,1H3,(H,21,22). The fourth-order valence-corrected chi connectivity index (χ4v) is 2.69. The second kappa shape index (κ2) is 5.38. The van der Waals surface area contributed by atoms with Crippen molar-refractivity contribution in [3.63, 3.8) is 0 Å². The molecule has 0 spiro atoms. The molecule has 1 aromatic carbocycles. The Hall–Kier alpha value is -2.48. The lowest BCUT2D eigenvalue weighted by Gasteiger charge is -2.12. The number of carbonyl (C=O) groups is 1. The number of nitrogens with zero attached hydrogens (tertiary/aromatic N) is 3. The molecule has 0 radical (unpaired) electrons. The van der Waals surface area contributed by atoms with E-state index in [1.165, 1.54) is 12.4 Å². The molecule has 2 N–H and O–H groups in total. The van der Waals surface area contributed by atoms with Gasteiger partial charge in [-0.05, 0) is 46.6 Å². The number of aromatic nitrogens is 3. The van der Waals surface area contributed by atoms with Crippen LogP contribution in [0.4, 0.5) is 14.9 Å². The fourth-order valence-electron chi connectivity index (χ4n) is 2.28. The minimum absolute atomic E-state index is 0.185. The van der Waals surface area contributed by atoms with Crippen LogP contribution in [0.3, 0.4) is 0 Å². The minimum Gasteiger partial charge on any atom is -0.465 e. The predicted molar refractivity (Wildman–Crippen MR) is 82.5 cm³/mol. The Morgan fingerprint density at radius 3 is 2.91 bits per heavy atom. The highest BCUT2D eigenvalue weighted by atomic mass is 79.9. The second-order valence-corrected chi connectivity index (χ2v) is 5.57. The lowest BCUT2D eigenvalue weighted by atomic mass is 10.0. The SMILES string of the molecule is Cc1c(NC(=O)O)cc(F)cc1-c1ncnn2cc(Br)cc12. The molecule has 0 aliphatic heterocycles. The van der Waals surface area contributed by atoms with Gasteiger partial charge in [0.15, 0.2) is 0 Å². The zero-order valence-electron chi connectivity index (χ0n) is 11.3. The van der Waals surface area contributed by atoms with E-state index < -0.39 is 11.9 Å². The molecule has 0 fully saturated rings. The van der Waals surface area contributed by atoms with Gasteiger partial charge in [0.05, 0.1) is 16.9 Å². The molecule has 112 valence electrons. The molecular formula is C14H10BrFN4O2. The van der Waals surface area contributed by atoms with Crippen LogP contribution in [0.5, 0.6) is 0 Å². The van der Waals surface area contributed by atoms with Crippen LogP contribution in [0.15, 0.2) is 35.2 Å². The first kappa shape index (κ1) is 14.5. The van der Waals surface area contributed by atoms with Crippen LogP contribution in [-0.2, 0) is 0 Å². The summed E-state index contributed by atoms with van der Waals surface area (Å²) in [5.74, 6) is -0.549. The summed E-state index contributed by atoms with van der Waals surface area (Å²) in [5.41, 5.74) is 2.48. The fraction of sp³-hybridized carbons (Fsp3) is 0.0714. The first-order valence-corrected chi connectivity index (χ1v) is 7.04. The number of nitrogens with one attached hydrogen (secondary N) is 1. The Kier molecular flexibility index (Phi) is 3.53. The van der Waals surface area contributed by atoms with Crippen molar-refractivity contribution < 1.29 is 14.3 Å². The average Bonchev–Trinajstić information content (AvgIpc) is 2.82. The van der Waals surface area contributed by atoms with Crippen molar-refractivity contribution in [1.29, 1.82) is 0 Å². The summed E-state index contributed by atoms with van der Waals surface area (Å²) >= 11 is 3.36. The van der Waals surface area contributed by atoms with Gasteiger partial charge >= 0.3 is 6.09 Å². The van der Waals surface area contributed by atoms with Gasteiger partial charge in [0.25, 0.3) is 0 Å². The van der Waals surface area contributed by atoms with E-state index in [-0.39, 0.29) is 5.69 Å². The number of fused-ring (bicyclic) bond motifs is 1. The van der Waals surface area contributed by atoms with Gasteiger partial charge in [-0.1, -0.05) is 0 Å². The molecule has 0 saturated heterocycles. The molecule has 2 aromatic heterocycles. The number of hydrogen-bond acceptors (Lipinski definition) is 3. The van der Waals surface area contributed by atoms with Gasteiger partial charge in [-0.25, -0.2) is 18.7 Å². The molecule has 8 heteroatoms. The van der Waals surface area contributed by atoms with E-state index >= 15 is 0 Å². The summed E-state index contributed by atoms with van der Waals surface area (Å²) in [7, 11) is 0. The predicted octanol–water partition coefficient (Wildman–Crippen LogP) is 3.70. The molecule has 0 atom stereocenters. The number of halogens is 2. The summed E-state index contributed by atoms with van der Waals surface area (Å²) in [6, 6.07) is 4.27. The van der Waals surface area contributed by atoms with Crippen LogP contribution < -0.4 is 5.32 Å². The van der Waals surface area contributed by atoms with Crippen molar-refractivity contribution >= 4 is 33.2 Å². The quantitative estimate of drug-likeness (QED) is 0.726. The zero-order chi connectivity index (χ0) is 15.9.